The van der Waals surface area contributed by atoms with Crippen LogP contribution in [0.15, 0.2) is 0 Å². The number of hydrogen-bond donors (Lipinski definition) is 0. The molecule has 0 amide bonds. The van der Waals surface area contributed by atoms with Crippen LogP contribution in [0.25, 0.3) is 0 Å². The van der Waals surface area contributed by atoms with Gasteiger partial charge in [-0.15, -0.1) is 12.4 Å². The molecule has 0 rings (SSSR count). The zero-order valence-electron chi connectivity index (χ0n) is 5.62. The first-order valence-corrected chi connectivity index (χ1v) is 0. The largest absolute Gasteiger partial charge is 2.00 e. The summed E-state index contributed by atoms with van der Waals surface area (Å²) in [7, 11) is 0. The molecule has 0 bridgehead atoms. The monoisotopic (exact) mass is 168 g/mol. The van der Waals surface area contributed by atoms with Gasteiger partial charge < -0.3 is 30.2 Å². The van der Waals surface area contributed by atoms with E-state index in [-0.39, 0.29) is 80.4 Å². The van der Waals surface area contributed by atoms with E-state index in [1.807, 2.05) is 0 Å². The second kappa shape index (κ2) is 163. The van der Waals surface area contributed by atoms with E-state index >= 15 is 0 Å². The van der Waals surface area contributed by atoms with E-state index in [1.165, 1.54) is 0 Å². The molecule has 7 heteroatoms. The SMILES string of the molecule is Cl.O.O.O.O.O.[Ca+2].[H-].[H-]. The summed E-state index contributed by atoms with van der Waals surface area (Å²) >= 11 is 0. The Morgan fingerprint density at radius 2 is 0.571 bits per heavy atom. The maximum absolute atomic E-state index is 0. The molecule has 0 radical (unpaired) electrons. The third-order valence-corrected chi connectivity index (χ3v) is 0. The van der Waals surface area contributed by atoms with E-state index in [0.29, 0.717) is 0 Å². The Morgan fingerprint density at radius 1 is 0.571 bits per heavy atom. The molecule has 0 aromatic heterocycles. The van der Waals surface area contributed by atoms with Crippen LogP contribution in [0.2, 0.25) is 0 Å². The molecule has 0 aromatic rings. The zero-order chi connectivity index (χ0) is 0. The van der Waals surface area contributed by atoms with Gasteiger partial charge in [0.25, 0.3) is 0 Å². The van der Waals surface area contributed by atoms with Crippen molar-refractivity contribution in [3.05, 3.63) is 0 Å². The summed E-state index contributed by atoms with van der Waals surface area (Å²) in [6.45, 7) is 0. The maximum atomic E-state index is 0. The molecule has 7 heavy (non-hydrogen) atoms. The van der Waals surface area contributed by atoms with Crippen molar-refractivity contribution in [1.29, 1.82) is 0 Å². The van der Waals surface area contributed by atoms with Crippen molar-refractivity contribution in [2.75, 3.05) is 0 Å². The van der Waals surface area contributed by atoms with Crippen LogP contribution in [0, 0.1) is 0 Å². The average Bonchev–Trinajstić information content (AvgIpc) is 0. The molecule has 0 unspecified atom stereocenters. The van der Waals surface area contributed by atoms with Gasteiger partial charge in [0.2, 0.25) is 0 Å². The van der Waals surface area contributed by atoms with E-state index in [4.69, 9.17) is 0 Å². The first-order chi connectivity index (χ1) is 0. The molecular formula is H13CaClO5. The summed E-state index contributed by atoms with van der Waals surface area (Å²) in [4.78, 5) is 0. The smallest absolute Gasteiger partial charge is 1.00 e. The Kier molecular flexibility index (Phi) is 5750. The van der Waals surface area contributed by atoms with E-state index < -0.39 is 0 Å². The van der Waals surface area contributed by atoms with Gasteiger partial charge in [0.15, 0.2) is 0 Å². The molecule has 52 valence electrons. The van der Waals surface area contributed by atoms with E-state index in [9.17, 15) is 0 Å². The molecule has 0 saturated heterocycles. The fraction of sp³-hybridized carbons (Fsp3) is 0. The van der Waals surface area contributed by atoms with Crippen molar-refractivity contribution in [2.45, 2.75) is 0 Å². The van der Waals surface area contributed by atoms with Crippen LogP contribution in [-0.2, 0) is 0 Å². The predicted octanol–water partition coefficient (Wildman–Crippen LogP) is -3.86. The first kappa shape index (κ1) is 248. The van der Waals surface area contributed by atoms with Crippen molar-refractivity contribution in [1.82, 2.24) is 0 Å². The summed E-state index contributed by atoms with van der Waals surface area (Å²) in [5.41, 5.74) is 0. The van der Waals surface area contributed by atoms with Crippen molar-refractivity contribution in [3.63, 3.8) is 0 Å². The van der Waals surface area contributed by atoms with Gasteiger partial charge in [-0.05, 0) is 0 Å². The zero-order valence-corrected chi connectivity index (χ0v) is 6.64. The summed E-state index contributed by atoms with van der Waals surface area (Å²) in [6, 6.07) is 0. The summed E-state index contributed by atoms with van der Waals surface area (Å²) < 4.78 is 0. The van der Waals surface area contributed by atoms with Gasteiger partial charge in [-0.1, -0.05) is 0 Å². The number of rotatable bonds is 0. The summed E-state index contributed by atoms with van der Waals surface area (Å²) in [6.07, 6.45) is 0. The molecule has 0 spiro atoms. The van der Waals surface area contributed by atoms with Gasteiger partial charge in [0.05, 0.1) is 0 Å². The Balaban J connectivity index is 0. The van der Waals surface area contributed by atoms with E-state index in [0.717, 1.165) is 0 Å². The Labute approximate surface area is 80.0 Å². The third-order valence-electron chi connectivity index (χ3n) is 0. The van der Waals surface area contributed by atoms with Crippen LogP contribution in [-0.4, -0.2) is 65.1 Å². The molecule has 0 aliphatic heterocycles. The van der Waals surface area contributed by atoms with Crippen LogP contribution < -0.4 is 0 Å². The Hall–Kier alpha value is 1.35. The molecule has 0 heterocycles. The van der Waals surface area contributed by atoms with Crippen LogP contribution in [0.5, 0.6) is 0 Å². The second-order valence-electron chi connectivity index (χ2n) is 0. The number of halogens is 1. The minimum absolute atomic E-state index is 0. The van der Waals surface area contributed by atoms with Crippen molar-refractivity contribution in [3.8, 4) is 0 Å². The van der Waals surface area contributed by atoms with E-state index in [2.05, 4.69) is 0 Å². The minimum Gasteiger partial charge on any atom is -1.00 e. The molecule has 5 nitrogen and oxygen atoms in total. The van der Waals surface area contributed by atoms with Crippen molar-refractivity contribution < 1.29 is 30.2 Å². The normalized spacial score (nSPS) is 0. The second-order valence-corrected chi connectivity index (χ2v) is 0. The number of hydrogen-bond acceptors (Lipinski definition) is 0. The first-order valence-electron chi connectivity index (χ1n) is 0. The average molecular weight is 169 g/mol. The molecule has 0 fully saturated rings. The van der Waals surface area contributed by atoms with Crippen LogP contribution in [0.1, 0.15) is 2.85 Å². The van der Waals surface area contributed by atoms with Gasteiger partial charge in [0, 0.05) is 0 Å². The Bertz CT molecular complexity index is 14.9. The van der Waals surface area contributed by atoms with Crippen LogP contribution in [0.4, 0.5) is 0 Å². The fourth-order valence-electron chi connectivity index (χ4n) is 0. The van der Waals surface area contributed by atoms with Crippen LogP contribution >= 0.6 is 12.4 Å². The quantitative estimate of drug-likeness (QED) is 0.325. The summed E-state index contributed by atoms with van der Waals surface area (Å²) in [5, 5.41) is 0. The molecule has 0 aliphatic carbocycles. The molecule has 10 N–H and O–H groups in total. The van der Waals surface area contributed by atoms with Gasteiger partial charge in [0.1, 0.15) is 0 Å². The standard InChI is InChI=1S/Ca.ClH.5H2O.2H/h;1H;5*1H2;;/q+2;;;;;;;2*-1. The molecule has 0 saturated carbocycles. The predicted molar refractivity (Wildman–Crippen MR) is 33.3 cm³/mol. The van der Waals surface area contributed by atoms with Crippen molar-refractivity contribution in [2.24, 2.45) is 0 Å². The van der Waals surface area contributed by atoms with Gasteiger partial charge in [-0.3, -0.25) is 0 Å². The maximum Gasteiger partial charge on any atom is 2.00 e. The Morgan fingerprint density at radius 3 is 0.571 bits per heavy atom. The fourth-order valence-corrected chi connectivity index (χ4v) is 0. The molecule has 0 aromatic carbocycles. The third kappa shape index (κ3) is 115. The van der Waals surface area contributed by atoms with E-state index in [1.54, 1.807) is 0 Å². The molecular weight excluding hydrogens is 156 g/mol. The molecule has 0 atom stereocenters. The minimum atomic E-state index is 0. The van der Waals surface area contributed by atoms with Gasteiger partial charge in [-0.25, -0.2) is 0 Å². The topological polar surface area (TPSA) is 158 Å². The summed E-state index contributed by atoms with van der Waals surface area (Å²) in [5.74, 6) is 0. The van der Waals surface area contributed by atoms with Gasteiger partial charge >= 0.3 is 37.7 Å². The van der Waals surface area contributed by atoms with Crippen molar-refractivity contribution >= 4 is 50.1 Å². The molecule has 0 aliphatic rings. The van der Waals surface area contributed by atoms with Gasteiger partial charge in [-0.2, -0.15) is 0 Å². The van der Waals surface area contributed by atoms with Crippen LogP contribution in [0.3, 0.4) is 0 Å².